The fourth-order valence-corrected chi connectivity index (χ4v) is 1.71. The molecule has 0 aliphatic heterocycles. The molecule has 0 atom stereocenters. The summed E-state index contributed by atoms with van der Waals surface area (Å²) >= 11 is 0. The first-order valence-corrected chi connectivity index (χ1v) is 5.52. The lowest BCUT2D eigenvalue weighted by atomic mass is 10.1. The van der Waals surface area contributed by atoms with E-state index in [1.54, 1.807) is 13.2 Å². The fourth-order valence-electron chi connectivity index (χ4n) is 1.71. The topological polar surface area (TPSA) is 81.8 Å². The monoisotopic (exact) mass is 263 g/mol. The Morgan fingerprint density at radius 2 is 2.16 bits per heavy atom. The van der Waals surface area contributed by atoms with Crippen LogP contribution in [0.5, 0.6) is 5.75 Å². The number of hydrogen-bond donors (Lipinski definition) is 1. The first-order valence-electron chi connectivity index (χ1n) is 5.52. The number of aromatic carboxylic acids is 1. The molecule has 6 nitrogen and oxygen atoms in total. The molecule has 0 amide bonds. The molecule has 0 radical (unpaired) electrons. The van der Waals surface area contributed by atoms with Crippen molar-refractivity contribution in [2.45, 2.75) is 6.61 Å². The van der Waals surface area contributed by atoms with E-state index in [0.29, 0.717) is 23.7 Å². The van der Waals surface area contributed by atoms with Crippen LogP contribution in [0.1, 0.15) is 16.1 Å². The second-order valence-corrected chi connectivity index (χ2v) is 3.85. The Morgan fingerprint density at radius 3 is 2.74 bits per heavy atom. The molecule has 0 aliphatic carbocycles. The summed E-state index contributed by atoms with van der Waals surface area (Å²) in [4.78, 5) is 10.8. The van der Waals surface area contributed by atoms with Crippen LogP contribution in [0.25, 0.3) is 11.3 Å². The standard InChI is InChI=1S/C13H13NO5/c1-17-7-8-3-4-11(18-2)9(5-8)12-6-10(13(15)16)14-19-12/h3-6H,7H2,1-2H3,(H,15,16). The minimum Gasteiger partial charge on any atom is -0.496 e. The number of aromatic nitrogens is 1. The number of carboxylic acid groups (broad SMARTS) is 1. The quantitative estimate of drug-likeness (QED) is 0.890. The van der Waals surface area contributed by atoms with Gasteiger partial charge in [-0.2, -0.15) is 0 Å². The van der Waals surface area contributed by atoms with Gasteiger partial charge in [0.05, 0.1) is 19.3 Å². The maximum absolute atomic E-state index is 10.8. The lowest BCUT2D eigenvalue weighted by Gasteiger charge is -2.07. The number of carboxylic acids is 1. The number of nitrogens with zero attached hydrogens (tertiary/aromatic N) is 1. The minimum absolute atomic E-state index is 0.144. The van der Waals surface area contributed by atoms with Crippen LogP contribution in [0.4, 0.5) is 0 Å². The average Bonchev–Trinajstić information content (AvgIpc) is 2.88. The summed E-state index contributed by atoms with van der Waals surface area (Å²) in [7, 11) is 3.13. The summed E-state index contributed by atoms with van der Waals surface area (Å²) in [5.41, 5.74) is 1.41. The van der Waals surface area contributed by atoms with Gasteiger partial charge in [0.2, 0.25) is 0 Å². The van der Waals surface area contributed by atoms with Crippen LogP contribution in [-0.2, 0) is 11.3 Å². The highest BCUT2D eigenvalue weighted by Crippen LogP contribution is 2.31. The molecule has 0 unspecified atom stereocenters. The third-order valence-corrected chi connectivity index (χ3v) is 2.57. The summed E-state index contributed by atoms with van der Waals surface area (Å²) < 4.78 is 15.3. The number of rotatable bonds is 5. The van der Waals surface area contributed by atoms with Gasteiger partial charge < -0.3 is 19.1 Å². The van der Waals surface area contributed by atoms with E-state index >= 15 is 0 Å². The van der Waals surface area contributed by atoms with E-state index in [9.17, 15) is 4.79 Å². The van der Waals surface area contributed by atoms with Gasteiger partial charge in [0.25, 0.3) is 0 Å². The van der Waals surface area contributed by atoms with Crippen LogP contribution in [0.3, 0.4) is 0 Å². The Labute approximate surface area is 109 Å². The summed E-state index contributed by atoms with van der Waals surface area (Å²) in [6.45, 7) is 0.441. The van der Waals surface area contributed by atoms with Crippen LogP contribution in [0.2, 0.25) is 0 Å². The maximum Gasteiger partial charge on any atom is 0.358 e. The molecule has 2 rings (SSSR count). The van der Waals surface area contributed by atoms with Crippen molar-refractivity contribution in [3.63, 3.8) is 0 Å². The molecule has 2 aromatic rings. The van der Waals surface area contributed by atoms with E-state index in [1.165, 1.54) is 13.2 Å². The Bertz CT molecular complexity index is 590. The van der Waals surface area contributed by atoms with E-state index < -0.39 is 5.97 Å². The molecule has 0 saturated heterocycles. The Balaban J connectivity index is 2.45. The van der Waals surface area contributed by atoms with E-state index in [-0.39, 0.29) is 5.69 Å². The van der Waals surface area contributed by atoms with Crippen LogP contribution < -0.4 is 4.74 Å². The molecule has 0 saturated carbocycles. The number of benzene rings is 1. The zero-order valence-electron chi connectivity index (χ0n) is 10.5. The van der Waals surface area contributed by atoms with Gasteiger partial charge in [0.15, 0.2) is 11.5 Å². The van der Waals surface area contributed by atoms with Crippen LogP contribution in [-0.4, -0.2) is 30.5 Å². The zero-order chi connectivity index (χ0) is 13.8. The predicted octanol–water partition coefficient (Wildman–Crippen LogP) is 2.19. The molecular weight excluding hydrogens is 250 g/mol. The molecule has 1 N–H and O–H groups in total. The molecule has 1 aromatic heterocycles. The third-order valence-electron chi connectivity index (χ3n) is 2.57. The second-order valence-electron chi connectivity index (χ2n) is 3.85. The average molecular weight is 263 g/mol. The molecule has 100 valence electrons. The molecular formula is C13H13NO5. The normalized spacial score (nSPS) is 10.4. The van der Waals surface area contributed by atoms with E-state index in [1.807, 2.05) is 12.1 Å². The Morgan fingerprint density at radius 1 is 1.37 bits per heavy atom. The summed E-state index contributed by atoms with van der Waals surface area (Å²) in [6, 6.07) is 6.80. The van der Waals surface area contributed by atoms with Crippen LogP contribution in [0, 0.1) is 0 Å². The van der Waals surface area contributed by atoms with Crippen molar-refractivity contribution in [2.24, 2.45) is 0 Å². The first kappa shape index (κ1) is 13.1. The largest absolute Gasteiger partial charge is 0.496 e. The summed E-state index contributed by atoms with van der Waals surface area (Å²) in [6.07, 6.45) is 0. The van der Waals surface area contributed by atoms with Crippen molar-refractivity contribution >= 4 is 5.97 Å². The van der Waals surface area contributed by atoms with Crippen molar-refractivity contribution in [3.05, 3.63) is 35.5 Å². The zero-order valence-corrected chi connectivity index (χ0v) is 10.5. The number of methoxy groups -OCH3 is 2. The lowest BCUT2D eigenvalue weighted by Crippen LogP contribution is -1.94. The fraction of sp³-hybridized carbons (Fsp3) is 0.231. The Kier molecular flexibility index (Phi) is 3.82. The van der Waals surface area contributed by atoms with Gasteiger partial charge in [-0.3, -0.25) is 0 Å². The smallest absolute Gasteiger partial charge is 0.358 e. The third kappa shape index (κ3) is 2.74. The minimum atomic E-state index is -1.14. The maximum atomic E-state index is 10.8. The number of hydrogen-bond acceptors (Lipinski definition) is 5. The van der Waals surface area contributed by atoms with Gasteiger partial charge in [0, 0.05) is 13.2 Å². The Hall–Kier alpha value is -2.34. The highest BCUT2D eigenvalue weighted by molar-refractivity contribution is 5.86. The SMILES string of the molecule is COCc1ccc(OC)c(-c2cc(C(=O)O)no2)c1. The number of carbonyl (C=O) groups is 1. The highest BCUT2D eigenvalue weighted by atomic mass is 16.5. The van der Waals surface area contributed by atoms with Gasteiger partial charge in [-0.15, -0.1) is 0 Å². The van der Waals surface area contributed by atoms with Gasteiger partial charge in [-0.05, 0) is 17.7 Å². The molecule has 0 spiro atoms. The summed E-state index contributed by atoms with van der Waals surface area (Å²) in [5.74, 6) is -0.220. The van der Waals surface area contributed by atoms with Crippen molar-refractivity contribution in [1.82, 2.24) is 5.16 Å². The molecule has 6 heteroatoms. The molecule has 0 fully saturated rings. The van der Waals surface area contributed by atoms with Crippen molar-refractivity contribution < 1.29 is 23.9 Å². The van der Waals surface area contributed by atoms with Gasteiger partial charge in [-0.1, -0.05) is 11.2 Å². The first-order chi connectivity index (χ1) is 9.15. The van der Waals surface area contributed by atoms with Crippen molar-refractivity contribution in [3.8, 4) is 17.1 Å². The molecule has 1 aromatic carbocycles. The van der Waals surface area contributed by atoms with E-state index in [4.69, 9.17) is 19.1 Å². The highest BCUT2D eigenvalue weighted by Gasteiger charge is 2.16. The van der Waals surface area contributed by atoms with E-state index in [2.05, 4.69) is 5.16 Å². The van der Waals surface area contributed by atoms with Crippen molar-refractivity contribution in [1.29, 1.82) is 0 Å². The van der Waals surface area contributed by atoms with Gasteiger partial charge in [0.1, 0.15) is 5.75 Å². The second kappa shape index (κ2) is 5.53. The number of ether oxygens (including phenoxy) is 2. The van der Waals surface area contributed by atoms with Gasteiger partial charge in [-0.25, -0.2) is 4.79 Å². The van der Waals surface area contributed by atoms with Crippen LogP contribution in [0.15, 0.2) is 28.8 Å². The molecule has 1 heterocycles. The molecule has 19 heavy (non-hydrogen) atoms. The van der Waals surface area contributed by atoms with E-state index in [0.717, 1.165) is 5.56 Å². The summed E-state index contributed by atoms with van der Waals surface area (Å²) in [5, 5.41) is 12.3. The van der Waals surface area contributed by atoms with Gasteiger partial charge >= 0.3 is 5.97 Å². The van der Waals surface area contributed by atoms with Crippen molar-refractivity contribution in [2.75, 3.05) is 14.2 Å². The molecule has 0 bridgehead atoms. The lowest BCUT2D eigenvalue weighted by molar-refractivity contribution is 0.0686. The predicted molar refractivity (Wildman–Crippen MR) is 66.2 cm³/mol. The van der Waals surface area contributed by atoms with Crippen LogP contribution >= 0.6 is 0 Å². The molecule has 0 aliphatic rings.